The summed E-state index contributed by atoms with van der Waals surface area (Å²) in [5, 5.41) is 0. The van der Waals surface area contributed by atoms with Gasteiger partial charge in [0.2, 0.25) is 0 Å². The van der Waals surface area contributed by atoms with Gasteiger partial charge in [-0.05, 0) is 30.3 Å². The van der Waals surface area contributed by atoms with Crippen molar-refractivity contribution >= 4 is 28.6 Å². The van der Waals surface area contributed by atoms with Gasteiger partial charge in [-0.15, -0.1) is 0 Å². The van der Waals surface area contributed by atoms with E-state index >= 15 is 0 Å². The molecule has 0 aliphatic heterocycles. The quantitative estimate of drug-likeness (QED) is 0.877. The molecule has 20 heavy (non-hydrogen) atoms. The molecule has 0 atom stereocenters. The summed E-state index contributed by atoms with van der Waals surface area (Å²) in [5.41, 5.74) is 7.93. The van der Waals surface area contributed by atoms with Crippen molar-refractivity contribution in [1.29, 1.82) is 0 Å². The average molecular weight is 290 g/mol. The van der Waals surface area contributed by atoms with Crippen molar-refractivity contribution in [2.75, 3.05) is 19.1 Å². The van der Waals surface area contributed by atoms with Crippen molar-refractivity contribution in [2.24, 2.45) is 5.73 Å². The molecule has 2 N–H and O–H groups in total. The highest BCUT2D eigenvalue weighted by molar-refractivity contribution is 7.80. The second kappa shape index (κ2) is 5.88. The lowest BCUT2D eigenvalue weighted by Crippen LogP contribution is -2.18. The maximum atomic E-state index is 13.3. The Hall–Kier alpha value is -2.14. The summed E-state index contributed by atoms with van der Waals surface area (Å²) in [4.78, 5) is 2.10. The Morgan fingerprint density at radius 3 is 2.60 bits per heavy atom. The molecule has 2 aromatic carbocycles. The zero-order chi connectivity index (χ0) is 14.7. The number of benzene rings is 2. The lowest BCUT2D eigenvalue weighted by molar-refractivity contribution is 0.415. The molecular weight excluding hydrogens is 275 g/mol. The van der Waals surface area contributed by atoms with Gasteiger partial charge in [0.15, 0.2) is 0 Å². The summed E-state index contributed by atoms with van der Waals surface area (Å²) in [7, 11) is 3.41. The summed E-state index contributed by atoms with van der Waals surface area (Å²) in [6.45, 7) is 0. The van der Waals surface area contributed by atoms with Crippen LogP contribution >= 0.6 is 12.2 Å². The molecule has 0 radical (unpaired) electrons. The Morgan fingerprint density at radius 1 is 1.25 bits per heavy atom. The van der Waals surface area contributed by atoms with E-state index in [0.29, 0.717) is 17.0 Å². The molecule has 0 bridgehead atoms. The summed E-state index contributed by atoms with van der Waals surface area (Å²) in [5.74, 6) is 0.386. The van der Waals surface area contributed by atoms with Gasteiger partial charge in [0.25, 0.3) is 0 Å². The number of hydrogen-bond donors (Lipinski definition) is 1. The molecule has 5 heteroatoms. The molecule has 0 fully saturated rings. The predicted octanol–water partition coefficient (Wildman–Crippen LogP) is 3.24. The van der Waals surface area contributed by atoms with Gasteiger partial charge >= 0.3 is 0 Å². The highest BCUT2D eigenvalue weighted by Gasteiger charge is 2.13. The number of methoxy groups -OCH3 is 1. The Balaban J connectivity index is 2.52. The van der Waals surface area contributed by atoms with Crippen molar-refractivity contribution in [2.45, 2.75) is 0 Å². The SMILES string of the molecule is COc1ccc(C(N)=S)c(N(C)c2cccc(F)c2)c1. The van der Waals surface area contributed by atoms with Crippen molar-refractivity contribution in [3.8, 4) is 5.75 Å². The molecule has 0 amide bonds. The van der Waals surface area contributed by atoms with Crippen molar-refractivity contribution in [1.82, 2.24) is 0 Å². The molecular formula is C15H15FN2OS. The van der Waals surface area contributed by atoms with E-state index in [9.17, 15) is 4.39 Å². The van der Waals surface area contributed by atoms with Gasteiger partial charge in [-0.2, -0.15) is 0 Å². The zero-order valence-corrected chi connectivity index (χ0v) is 12.1. The van der Waals surface area contributed by atoms with E-state index in [-0.39, 0.29) is 10.8 Å². The molecule has 0 unspecified atom stereocenters. The Labute approximate surface area is 122 Å². The van der Waals surface area contributed by atoms with E-state index in [1.807, 2.05) is 24.1 Å². The summed E-state index contributed by atoms with van der Waals surface area (Å²) >= 11 is 5.06. The molecule has 3 nitrogen and oxygen atoms in total. The van der Waals surface area contributed by atoms with Gasteiger partial charge in [0.1, 0.15) is 16.6 Å². The molecule has 104 valence electrons. The van der Waals surface area contributed by atoms with E-state index in [0.717, 1.165) is 5.69 Å². The third-order valence-electron chi connectivity index (χ3n) is 3.03. The fourth-order valence-electron chi connectivity index (χ4n) is 1.95. The van der Waals surface area contributed by atoms with Gasteiger partial charge < -0.3 is 15.4 Å². The minimum atomic E-state index is -0.297. The van der Waals surface area contributed by atoms with Crippen molar-refractivity contribution < 1.29 is 9.13 Å². The first-order valence-electron chi connectivity index (χ1n) is 6.00. The summed E-state index contributed by atoms with van der Waals surface area (Å²) in [6, 6.07) is 11.7. The van der Waals surface area contributed by atoms with Crippen LogP contribution < -0.4 is 15.4 Å². The number of halogens is 1. The van der Waals surface area contributed by atoms with Crippen LogP contribution in [0.3, 0.4) is 0 Å². The lowest BCUT2D eigenvalue weighted by atomic mass is 10.1. The number of thiocarbonyl (C=S) groups is 1. The molecule has 0 aliphatic carbocycles. The summed E-state index contributed by atoms with van der Waals surface area (Å²) < 4.78 is 18.6. The molecule has 2 rings (SSSR count). The van der Waals surface area contributed by atoms with E-state index < -0.39 is 0 Å². The van der Waals surface area contributed by atoms with Gasteiger partial charge in [-0.1, -0.05) is 18.3 Å². The van der Waals surface area contributed by atoms with E-state index in [2.05, 4.69) is 0 Å². The molecule has 0 aliphatic rings. The monoisotopic (exact) mass is 290 g/mol. The maximum Gasteiger partial charge on any atom is 0.125 e. The van der Waals surface area contributed by atoms with Gasteiger partial charge in [0.05, 0.1) is 12.8 Å². The van der Waals surface area contributed by atoms with Crippen LogP contribution in [0.4, 0.5) is 15.8 Å². The number of nitrogens with zero attached hydrogens (tertiary/aromatic N) is 1. The summed E-state index contributed by atoms with van der Waals surface area (Å²) in [6.07, 6.45) is 0. The zero-order valence-electron chi connectivity index (χ0n) is 11.3. The number of anilines is 2. The standard InChI is InChI=1S/C15H15FN2OS/c1-18(11-5-3-4-10(16)8-11)14-9-12(19-2)6-7-13(14)15(17)20/h3-9H,1-2H3,(H2,17,20). The predicted molar refractivity (Wildman–Crippen MR) is 83.3 cm³/mol. The number of hydrogen-bond acceptors (Lipinski definition) is 3. The number of ether oxygens (including phenoxy) is 1. The first-order valence-corrected chi connectivity index (χ1v) is 6.41. The molecule has 0 heterocycles. The fraction of sp³-hybridized carbons (Fsp3) is 0.133. The van der Waals surface area contributed by atoms with E-state index in [1.165, 1.54) is 12.1 Å². The van der Waals surface area contributed by atoms with Gasteiger partial charge in [-0.3, -0.25) is 0 Å². The van der Waals surface area contributed by atoms with Crippen molar-refractivity contribution in [3.63, 3.8) is 0 Å². The molecule has 0 spiro atoms. The first-order chi connectivity index (χ1) is 9.52. The highest BCUT2D eigenvalue weighted by atomic mass is 32.1. The van der Waals surface area contributed by atoms with Crippen LogP contribution in [0, 0.1) is 5.82 Å². The molecule has 0 saturated heterocycles. The second-order valence-corrected chi connectivity index (χ2v) is 4.73. The number of nitrogens with two attached hydrogens (primary N) is 1. The van der Waals surface area contributed by atoms with Crippen LogP contribution in [0.5, 0.6) is 5.75 Å². The molecule has 0 aromatic heterocycles. The smallest absolute Gasteiger partial charge is 0.125 e. The molecule has 2 aromatic rings. The third kappa shape index (κ3) is 2.88. The topological polar surface area (TPSA) is 38.5 Å². The normalized spacial score (nSPS) is 10.2. The van der Waals surface area contributed by atoms with Gasteiger partial charge in [-0.25, -0.2) is 4.39 Å². The van der Waals surface area contributed by atoms with E-state index in [1.54, 1.807) is 25.3 Å². The second-order valence-electron chi connectivity index (χ2n) is 4.29. The lowest BCUT2D eigenvalue weighted by Gasteiger charge is -2.23. The Bertz CT molecular complexity index is 646. The van der Waals surface area contributed by atoms with Crippen LogP contribution in [0.15, 0.2) is 42.5 Å². The molecule has 0 saturated carbocycles. The van der Waals surface area contributed by atoms with Crippen LogP contribution in [-0.2, 0) is 0 Å². The van der Waals surface area contributed by atoms with Crippen LogP contribution in [0.1, 0.15) is 5.56 Å². The first kappa shape index (κ1) is 14.3. The minimum absolute atomic E-state index is 0.283. The maximum absolute atomic E-state index is 13.3. The average Bonchev–Trinajstić information content (AvgIpc) is 2.45. The van der Waals surface area contributed by atoms with Crippen molar-refractivity contribution in [3.05, 3.63) is 53.8 Å². The van der Waals surface area contributed by atoms with Crippen LogP contribution in [0.25, 0.3) is 0 Å². The van der Waals surface area contributed by atoms with Crippen LogP contribution in [0.2, 0.25) is 0 Å². The van der Waals surface area contributed by atoms with Crippen LogP contribution in [-0.4, -0.2) is 19.1 Å². The third-order valence-corrected chi connectivity index (χ3v) is 3.25. The minimum Gasteiger partial charge on any atom is -0.497 e. The van der Waals surface area contributed by atoms with Gasteiger partial charge in [0, 0.05) is 24.4 Å². The Kier molecular flexibility index (Phi) is 4.20. The Morgan fingerprint density at radius 2 is 2.00 bits per heavy atom. The fourth-order valence-corrected chi connectivity index (χ4v) is 2.12. The number of rotatable bonds is 4. The largest absolute Gasteiger partial charge is 0.497 e. The highest BCUT2D eigenvalue weighted by Crippen LogP contribution is 2.30. The van der Waals surface area contributed by atoms with E-state index in [4.69, 9.17) is 22.7 Å².